The molecule has 2 aliphatic carbocycles. The summed E-state index contributed by atoms with van der Waals surface area (Å²) in [6.45, 7) is 18.1. The van der Waals surface area contributed by atoms with Gasteiger partial charge in [0, 0.05) is 0 Å². The van der Waals surface area contributed by atoms with Gasteiger partial charge in [0.2, 0.25) is 0 Å². The van der Waals surface area contributed by atoms with Crippen LogP contribution in [-0.2, 0) is 48.5 Å². The van der Waals surface area contributed by atoms with Crippen LogP contribution < -0.4 is 24.8 Å². The molecular weight excluding hydrogens is 1050 g/mol. The van der Waals surface area contributed by atoms with Gasteiger partial charge < -0.3 is 24.8 Å². The van der Waals surface area contributed by atoms with Gasteiger partial charge in [-0.1, -0.05) is 79.4 Å². The predicted molar refractivity (Wildman–Crippen MR) is 290 cm³/mol. The van der Waals surface area contributed by atoms with Gasteiger partial charge in [-0.3, -0.25) is 12.2 Å². The molecule has 8 aromatic carbocycles. The second kappa shape index (κ2) is 32.5. The number of benzene rings is 6. The third-order valence-electron chi connectivity index (χ3n) is 11.8. The molecular formula is C66H68Cl2Zr2-2. The predicted octanol–water partition coefficient (Wildman–Crippen LogP) is 11.4. The summed E-state index contributed by atoms with van der Waals surface area (Å²) in [6, 6.07) is 71.6. The minimum absolute atomic E-state index is 0. The summed E-state index contributed by atoms with van der Waals surface area (Å²) in [5, 5.41) is 5.32. The van der Waals surface area contributed by atoms with E-state index in [-0.39, 0.29) is 24.8 Å². The molecule has 0 fully saturated rings. The van der Waals surface area contributed by atoms with E-state index < -0.39 is 0 Å². The van der Waals surface area contributed by atoms with Gasteiger partial charge in [0.15, 0.2) is 0 Å². The summed E-state index contributed by atoms with van der Waals surface area (Å²) in [5.74, 6) is 2.72. The van der Waals surface area contributed by atoms with Crippen LogP contribution in [0.3, 0.4) is 0 Å². The zero-order valence-electron chi connectivity index (χ0n) is 42.3. The first kappa shape index (κ1) is 59.9. The fourth-order valence-corrected chi connectivity index (χ4v) is 9.61. The number of hydrogen-bond donors (Lipinski definition) is 0. The number of allylic oxidation sites excluding steroid dienone is 8. The van der Waals surface area contributed by atoms with Gasteiger partial charge in [-0.15, -0.1) is 72.1 Å². The Labute approximate surface area is 464 Å². The molecule has 0 aromatic heterocycles. The molecule has 0 aliphatic heterocycles. The maximum atomic E-state index is 3.29. The van der Waals surface area contributed by atoms with Gasteiger partial charge in [0.05, 0.1) is 0 Å². The van der Waals surface area contributed by atoms with Crippen molar-refractivity contribution < 1.29 is 73.3 Å². The van der Waals surface area contributed by atoms with Crippen molar-refractivity contribution in [2.24, 2.45) is 23.7 Å². The molecule has 0 N–H and O–H groups in total. The minimum Gasteiger partial charge on any atom is -0.168 e. The minimum atomic E-state index is 0. The van der Waals surface area contributed by atoms with Crippen LogP contribution in [-0.4, -0.2) is 6.41 Å². The van der Waals surface area contributed by atoms with Crippen molar-refractivity contribution in [3.63, 3.8) is 0 Å². The Morgan fingerprint density at radius 2 is 0.643 bits per heavy atom. The molecule has 10 rings (SSSR count). The molecule has 0 nitrogen and oxygen atoms in total. The fourth-order valence-electron chi connectivity index (χ4n) is 7.97. The second-order valence-corrected chi connectivity index (χ2v) is 20.6. The van der Waals surface area contributed by atoms with E-state index in [9.17, 15) is 0 Å². The Morgan fingerprint density at radius 3 is 0.886 bits per heavy atom. The maximum absolute atomic E-state index is 3.29. The Hall–Kier alpha value is -4.41. The average Bonchev–Trinajstić information content (AvgIpc) is 4.24. The molecule has 0 radical (unpaired) electrons. The zero-order chi connectivity index (χ0) is 48.7. The molecule has 0 unspecified atom stereocenters. The van der Waals surface area contributed by atoms with Crippen LogP contribution in [0.25, 0.3) is 21.5 Å². The third-order valence-corrected chi connectivity index (χ3v) is 14.7. The standard InChI is InChI=1S/2C13H10.2C11H17.2C9H7.2ClH.2Zr/c2*1-3-7-12(8-4-1)11-13-9-5-2-6-10-13;2*1-8(2)10-6-5-7-11(10)9(3)4;2*1-2-5-9-7-3-6-8(9)4-1;;;;/h2*1-10H;2*6,8-9H,7H2,1-4H3;2*1-7H;2*1H;;/q;;4*-1;;;2*+2/p-2. The van der Waals surface area contributed by atoms with Crippen molar-refractivity contribution in [1.29, 1.82) is 0 Å². The summed E-state index contributed by atoms with van der Waals surface area (Å²) < 4.78 is 2.83. The normalized spacial score (nSPS) is 12.1. The Kier molecular flexibility index (Phi) is 27.8. The molecule has 0 saturated heterocycles. The summed E-state index contributed by atoms with van der Waals surface area (Å²) in [6.07, 6.45) is 13.0. The SMILES string of the molecule is CC(C)C1=C(C(C)C)C[C-]=C1.CC(C)C1=C(C(C)C)C[C-]=C1.[Cl-].[Cl-].[Zr+2]=[C](c1ccccc1)c1ccccc1.[Zr+2]=[C](c1ccccc1)c1ccccc1.c1ccc2[cH-]ccc2c1.c1ccc2[cH-]ccc2c1. The van der Waals surface area contributed by atoms with Gasteiger partial charge in [-0.2, -0.15) is 57.3 Å². The van der Waals surface area contributed by atoms with E-state index >= 15 is 0 Å². The van der Waals surface area contributed by atoms with E-state index in [1.807, 2.05) is 0 Å². The Balaban J connectivity index is 0.000000223. The second-order valence-electron chi connectivity index (χ2n) is 18.2. The van der Waals surface area contributed by atoms with Crippen LogP contribution in [0, 0.1) is 35.8 Å². The van der Waals surface area contributed by atoms with Crippen molar-refractivity contribution in [3.05, 3.63) is 275 Å². The van der Waals surface area contributed by atoms with Gasteiger partial charge in [0.1, 0.15) is 0 Å². The molecule has 4 heteroatoms. The summed E-state index contributed by atoms with van der Waals surface area (Å²) in [4.78, 5) is 0. The van der Waals surface area contributed by atoms with Gasteiger partial charge >= 0.3 is 198 Å². The van der Waals surface area contributed by atoms with Crippen molar-refractivity contribution in [1.82, 2.24) is 0 Å². The van der Waals surface area contributed by atoms with Crippen molar-refractivity contribution in [2.45, 2.75) is 68.2 Å². The van der Waals surface area contributed by atoms with Gasteiger partial charge in [-0.05, 0) is 11.8 Å². The average molecular weight is 1110 g/mol. The molecule has 2 aliphatic rings. The number of halogens is 2. The Bertz CT molecular complexity index is 2510. The molecule has 0 saturated carbocycles. The van der Waals surface area contributed by atoms with Crippen LogP contribution in [0.1, 0.15) is 90.5 Å². The molecule has 0 heterocycles. The first-order valence-corrected chi connectivity index (χ1v) is 26.6. The number of hydrogen-bond acceptors (Lipinski definition) is 0. The first-order chi connectivity index (χ1) is 32.9. The fraction of sp³-hybridized carbons (Fsp3) is 0.212. The number of rotatable bonds is 8. The smallest absolute Gasteiger partial charge is 0.0809 e. The van der Waals surface area contributed by atoms with Gasteiger partial charge in [-0.25, -0.2) is 12.2 Å². The van der Waals surface area contributed by atoms with Crippen LogP contribution in [0.4, 0.5) is 0 Å². The molecule has 0 amide bonds. The van der Waals surface area contributed by atoms with Crippen LogP contribution in [0.15, 0.2) is 241 Å². The van der Waals surface area contributed by atoms with Gasteiger partial charge in [0.25, 0.3) is 0 Å². The molecule has 0 atom stereocenters. The van der Waals surface area contributed by atoms with E-state index in [0.29, 0.717) is 23.7 Å². The molecule has 70 heavy (non-hydrogen) atoms. The van der Waals surface area contributed by atoms with Crippen LogP contribution in [0.5, 0.6) is 0 Å². The monoisotopic (exact) mass is 1110 g/mol. The molecule has 356 valence electrons. The summed E-state index contributed by atoms with van der Waals surface area (Å²) in [5.41, 5.74) is 11.5. The van der Waals surface area contributed by atoms with Crippen LogP contribution >= 0.6 is 0 Å². The Morgan fingerprint density at radius 1 is 0.371 bits per heavy atom. The van der Waals surface area contributed by atoms with E-state index in [2.05, 4.69) is 286 Å². The number of fused-ring (bicyclic) bond motifs is 2. The van der Waals surface area contributed by atoms with E-state index in [1.54, 1.807) is 11.1 Å². The topological polar surface area (TPSA) is 0 Å². The maximum Gasteiger partial charge on any atom is -0.0809 e. The van der Waals surface area contributed by atoms with Crippen molar-refractivity contribution in [3.8, 4) is 0 Å². The summed E-state index contributed by atoms with van der Waals surface area (Å²) >= 11 is 2.92. The van der Waals surface area contributed by atoms with Crippen LogP contribution in [0.2, 0.25) is 0 Å². The largest absolute Gasteiger partial charge is 0.168 e. The molecule has 8 aromatic rings. The van der Waals surface area contributed by atoms with Crippen molar-refractivity contribution in [2.75, 3.05) is 0 Å². The van der Waals surface area contributed by atoms with E-state index in [4.69, 9.17) is 0 Å². The first-order valence-electron chi connectivity index (χ1n) is 24.1. The van der Waals surface area contributed by atoms with E-state index in [0.717, 1.165) is 12.8 Å². The third kappa shape index (κ3) is 19.3. The van der Waals surface area contributed by atoms with E-state index in [1.165, 1.54) is 110 Å². The molecule has 0 spiro atoms. The molecule has 0 bridgehead atoms. The quantitative estimate of drug-likeness (QED) is 0.133. The van der Waals surface area contributed by atoms with Crippen molar-refractivity contribution >= 4 is 28.0 Å². The zero-order valence-corrected chi connectivity index (χ0v) is 48.7. The summed E-state index contributed by atoms with van der Waals surface area (Å²) in [7, 11) is 0.